The zero-order valence-corrected chi connectivity index (χ0v) is 14.8. The van der Waals surface area contributed by atoms with Crippen LogP contribution in [0.5, 0.6) is 0 Å². The van der Waals surface area contributed by atoms with Crippen molar-refractivity contribution in [3.05, 3.63) is 65.7 Å². The molecule has 0 saturated heterocycles. The highest BCUT2D eigenvalue weighted by Gasteiger charge is 2.29. The molecule has 0 aliphatic heterocycles. The van der Waals surface area contributed by atoms with Crippen LogP contribution in [-0.4, -0.2) is 34.9 Å². The molecule has 0 heterocycles. The number of anilines is 1. The van der Waals surface area contributed by atoms with E-state index in [2.05, 4.69) is 10.6 Å². The lowest BCUT2D eigenvalue weighted by Gasteiger charge is -2.20. The van der Waals surface area contributed by atoms with Gasteiger partial charge in [0.1, 0.15) is 5.92 Å². The number of hydrogen-bond donors (Lipinski definition) is 4. The number of aryl methyl sites for hydroxylation is 1. The molecule has 0 aliphatic rings. The number of carbonyl (C=O) groups is 2. The Morgan fingerprint density at radius 1 is 1.00 bits per heavy atom. The van der Waals surface area contributed by atoms with E-state index in [0.29, 0.717) is 5.69 Å². The summed E-state index contributed by atoms with van der Waals surface area (Å²) in [6, 6.07) is 16.4. The maximum atomic E-state index is 12.3. The molecule has 0 spiro atoms. The van der Waals surface area contributed by atoms with Crippen LogP contribution in [0, 0.1) is 12.8 Å². The van der Waals surface area contributed by atoms with E-state index in [-0.39, 0.29) is 6.42 Å². The maximum absolute atomic E-state index is 12.3. The average molecular weight is 354 g/mol. The number of nitrogens with one attached hydrogen (secondary N) is 2. The molecule has 2 aromatic carbocycles. The third-order valence-corrected chi connectivity index (χ3v) is 4.09. The zero-order chi connectivity index (χ0) is 19.1. The molecular formula is C19H23BN2O4. The number of carbonyl (C=O) groups excluding carboxylic acids is 2. The molecule has 2 rings (SSSR count). The first-order valence-electron chi connectivity index (χ1n) is 8.45. The molecule has 0 aliphatic carbocycles. The lowest BCUT2D eigenvalue weighted by Crippen LogP contribution is -2.50. The first-order chi connectivity index (χ1) is 12.4. The molecule has 2 amide bonds. The molecule has 7 heteroatoms. The second-order valence-electron chi connectivity index (χ2n) is 6.30. The van der Waals surface area contributed by atoms with E-state index >= 15 is 0 Å². The number of hydrogen-bond acceptors (Lipinski definition) is 4. The van der Waals surface area contributed by atoms with Gasteiger partial charge in [0.25, 0.3) is 0 Å². The molecule has 0 aromatic heterocycles. The van der Waals surface area contributed by atoms with Gasteiger partial charge in [0.15, 0.2) is 0 Å². The minimum atomic E-state index is -1.73. The quantitative estimate of drug-likeness (QED) is 0.445. The standard InChI is InChI=1S/C19H23BN2O4/c1-13-8-10-15(11-9-13)12-17(20(25)26)22-19(24)14(2)18(23)21-16-6-4-3-5-7-16/h3-11,14,17,25-26H,12H2,1-2H3,(H,21,23)(H,22,24)/t14?,17-/m0/s1. The normalized spacial score (nSPS) is 12.8. The Kier molecular flexibility index (Phi) is 6.94. The smallest absolute Gasteiger partial charge is 0.426 e. The van der Waals surface area contributed by atoms with Gasteiger partial charge in [-0.05, 0) is 38.0 Å². The fourth-order valence-electron chi connectivity index (χ4n) is 2.41. The van der Waals surface area contributed by atoms with Gasteiger partial charge in [-0.2, -0.15) is 0 Å². The fourth-order valence-corrected chi connectivity index (χ4v) is 2.41. The van der Waals surface area contributed by atoms with Crippen LogP contribution < -0.4 is 10.6 Å². The summed E-state index contributed by atoms with van der Waals surface area (Å²) < 4.78 is 0. The van der Waals surface area contributed by atoms with Gasteiger partial charge < -0.3 is 20.7 Å². The van der Waals surface area contributed by atoms with Gasteiger partial charge in [-0.25, -0.2) is 0 Å². The third-order valence-electron chi connectivity index (χ3n) is 4.09. The number of para-hydroxylation sites is 1. The molecule has 2 atom stereocenters. The van der Waals surface area contributed by atoms with Crippen molar-refractivity contribution in [3.63, 3.8) is 0 Å². The number of amides is 2. The molecule has 6 nitrogen and oxygen atoms in total. The van der Waals surface area contributed by atoms with E-state index in [1.54, 1.807) is 24.3 Å². The molecule has 0 radical (unpaired) electrons. The highest BCUT2D eigenvalue weighted by molar-refractivity contribution is 6.43. The summed E-state index contributed by atoms with van der Waals surface area (Å²) in [7, 11) is -1.73. The Morgan fingerprint density at radius 2 is 1.62 bits per heavy atom. The average Bonchev–Trinajstić information content (AvgIpc) is 2.62. The van der Waals surface area contributed by atoms with Gasteiger partial charge in [0.2, 0.25) is 11.8 Å². The van der Waals surface area contributed by atoms with Gasteiger partial charge >= 0.3 is 7.12 Å². The maximum Gasteiger partial charge on any atom is 0.475 e. The largest absolute Gasteiger partial charge is 0.475 e. The van der Waals surface area contributed by atoms with E-state index < -0.39 is 30.8 Å². The van der Waals surface area contributed by atoms with Crippen LogP contribution in [0.1, 0.15) is 18.1 Å². The Bertz CT molecular complexity index is 735. The molecule has 0 fully saturated rings. The summed E-state index contributed by atoms with van der Waals surface area (Å²) in [6.45, 7) is 3.43. The molecule has 0 saturated carbocycles. The Balaban J connectivity index is 1.97. The molecule has 26 heavy (non-hydrogen) atoms. The SMILES string of the molecule is Cc1ccc(C[C@H](NC(=O)C(C)C(=O)Nc2ccccc2)B(O)O)cc1. The summed E-state index contributed by atoms with van der Waals surface area (Å²) in [4.78, 5) is 24.5. The van der Waals surface area contributed by atoms with Crippen molar-refractivity contribution >= 4 is 24.6 Å². The van der Waals surface area contributed by atoms with Crippen molar-refractivity contribution < 1.29 is 19.6 Å². The van der Waals surface area contributed by atoms with E-state index in [0.717, 1.165) is 11.1 Å². The predicted octanol–water partition coefficient (Wildman–Crippen LogP) is 1.31. The second kappa shape index (κ2) is 9.17. The lowest BCUT2D eigenvalue weighted by molar-refractivity contribution is -0.132. The zero-order valence-electron chi connectivity index (χ0n) is 14.8. The molecule has 1 unspecified atom stereocenters. The summed E-state index contributed by atoms with van der Waals surface area (Å²) in [6.07, 6.45) is 0.247. The first kappa shape index (κ1) is 19.7. The van der Waals surface area contributed by atoms with Crippen LogP contribution in [0.4, 0.5) is 5.69 Å². The van der Waals surface area contributed by atoms with Crippen LogP contribution in [0.25, 0.3) is 0 Å². The van der Waals surface area contributed by atoms with Crippen molar-refractivity contribution in [3.8, 4) is 0 Å². The van der Waals surface area contributed by atoms with Crippen molar-refractivity contribution in [1.82, 2.24) is 5.32 Å². The van der Waals surface area contributed by atoms with Gasteiger partial charge in [-0.3, -0.25) is 9.59 Å². The number of rotatable bonds is 7. The molecule has 136 valence electrons. The minimum absolute atomic E-state index is 0.247. The monoisotopic (exact) mass is 354 g/mol. The second-order valence-corrected chi connectivity index (χ2v) is 6.30. The summed E-state index contributed by atoms with van der Waals surface area (Å²) in [5, 5.41) is 24.3. The molecule has 4 N–H and O–H groups in total. The topological polar surface area (TPSA) is 98.7 Å². The highest BCUT2D eigenvalue weighted by atomic mass is 16.4. The summed E-state index contributed by atoms with van der Waals surface area (Å²) in [5.74, 6) is -2.91. The number of benzene rings is 2. The van der Waals surface area contributed by atoms with Gasteiger partial charge in [0, 0.05) is 5.69 Å². The van der Waals surface area contributed by atoms with Gasteiger partial charge in [-0.1, -0.05) is 48.0 Å². The van der Waals surface area contributed by atoms with E-state index in [4.69, 9.17) is 0 Å². The van der Waals surface area contributed by atoms with Crippen LogP contribution >= 0.6 is 0 Å². The summed E-state index contributed by atoms with van der Waals surface area (Å²) in [5.41, 5.74) is 2.54. The van der Waals surface area contributed by atoms with E-state index in [1.807, 2.05) is 37.3 Å². The molecule has 0 bridgehead atoms. The lowest BCUT2D eigenvalue weighted by atomic mass is 9.75. The van der Waals surface area contributed by atoms with Gasteiger partial charge in [-0.15, -0.1) is 0 Å². The van der Waals surface area contributed by atoms with E-state index in [9.17, 15) is 19.6 Å². The van der Waals surface area contributed by atoms with Crippen molar-refractivity contribution in [2.45, 2.75) is 26.2 Å². The Morgan fingerprint density at radius 3 is 2.19 bits per heavy atom. The van der Waals surface area contributed by atoms with Crippen molar-refractivity contribution in [2.75, 3.05) is 5.32 Å². The highest BCUT2D eigenvalue weighted by Crippen LogP contribution is 2.10. The van der Waals surface area contributed by atoms with E-state index in [1.165, 1.54) is 6.92 Å². The Labute approximate surface area is 153 Å². The molecular weight excluding hydrogens is 331 g/mol. The fraction of sp³-hybridized carbons (Fsp3) is 0.263. The van der Waals surface area contributed by atoms with Gasteiger partial charge in [0.05, 0.1) is 5.94 Å². The first-order valence-corrected chi connectivity index (χ1v) is 8.45. The van der Waals surface area contributed by atoms with Crippen LogP contribution in [-0.2, 0) is 16.0 Å². The third kappa shape index (κ3) is 5.72. The van der Waals surface area contributed by atoms with Crippen LogP contribution in [0.2, 0.25) is 0 Å². The summed E-state index contributed by atoms with van der Waals surface area (Å²) >= 11 is 0. The van der Waals surface area contributed by atoms with Crippen LogP contribution in [0.15, 0.2) is 54.6 Å². The Hall–Kier alpha value is -2.64. The molecule has 2 aromatic rings. The van der Waals surface area contributed by atoms with Crippen molar-refractivity contribution in [2.24, 2.45) is 5.92 Å². The minimum Gasteiger partial charge on any atom is -0.426 e. The predicted molar refractivity (Wildman–Crippen MR) is 101 cm³/mol. The van der Waals surface area contributed by atoms with Crippen molar-refractivity contribution in [1.29, 1.82) is 0 Å². The van der Waals surface area contributed by atoms with Crippen LogP contribution in [0.3, 0.4) is 0 Å².